The standard InChI is InChI=1S/C32H30FN5/c1-5-9-20(4)35-25(7-3)15-21(6-2)22-12-13-29-27(16-22)32(38-37-29)30-17-26-28(18-34-19-31(26)36-30)23-10-8-11-24(33)14-23/h6-8,10-19,35-36H,3-5,9H2,1-2H3,(H,37,38)/b21-6+,25-15+. The highest BCUT2D eigenvalue weighted by molar-refractivity contribution is 6.01. The highest BCUT2D eigenvalue weighted by Gasteiger charge is 2.15. The number of hydrogen-bond acceptors (Lipinski definition) is 3. The third-order valence-electron chi connectivity index (χ3n) is 6.55. The van der Waals surface area contributed by atoms with Crippen LogP contribution in [0.15, 0.2) is 104 Å². The van der Waals surface area contributed by atoms with E-state index in [0.717, 1.165) is 79.7 Å². The second kappa shape index (κ2) is 10.7. The number of H-pyrrole nitrogens is 2. The molecule has 3 aromatic heterocycles. The van der Waals surface area contributed by atoms with Crippen LogP contribution in [0.3, 0.4) is 0 Å². The van der Waals surface area contributed by atoms with E-state index >= 15 is 0 Å². The van der Waals surface area contributed by atoms with Gasteiger partial charge in [0.05, 0.1) is 22.9 Å². The summed E-state index contributed by atoms with van der Waals surface area (Å²) in [5.41, 5.74) is 9.08. The maximum Gasteiger partial charge on any atom is 0.123 e. The summed E-state index contributed by atoms with van der Waals surface area (Å²) in [6.45, 7) is 12.2. The molecule has 5 aromatic rings. The summed E-state index contributed by atoms with van der Waals surface area (Å²) in [6.07, 6.45) is 11.4. The number of hydrogen-bond donors (Lipinski definition) is 3. The van der Waals surface area contributed by atoms with Crippen molar-refractivity contribution < 1.29 is 4.39 Å². The van der Waals surface area contributed by atoms with Gasteiger partial charge < -0.3 is 10.3 Å². The van der Waals surface area contributed by atoms with E-state index < -0.39 is 0 Å². The Morgan fingerprint density at radius 2 is 1.95 bits per heavy atom. The number of nitrogens with zero attached hydrogens (tertiary/aromatic N) is 2. The molecule has 6 heteroatoms. The van der Waals surface area contributed by atoms with Crippen LogP contribution in [-0.2, 0) is 0 Å². The zero-order valence-corrected chi connectivity index (χ0v) is 21.6. The lowest BCUT2D eigenvalue weighted by molar-refractivity contribution is 0.628. The summed E-state index contributed by atoms with van der Waals surface area (Å²) >= 11 is 0. The fourth-order valence-electron chi connectivity index (χ4n) is 4.68. The van der Waals surface area contributed by atoms with Gasteiger partial charge in [-0.15, -0.1) is 0 Å². The van der Waals surface area contributed by atoms with E-state index in [-0.39, 0.29) is 5.82 Å². The molecule has 0 spiro atoms. The van der Waals surface area contributed by atoms with Crippen LogP contribution in [0.5, 0.6) is 0 Å². The van der Waals surface area contributed by atoms with Gasteiger partial charge in [0.1, 0.15) is 11.5 Å². The van der Waals surface area contributed by atoms with Crippen LogP contribution < -0.4 is 5.32 Å². The van der Waals surface area contributed by atoms with E-state index in [0.29, 0.717) is 0 Å². The Hall–Kier alpha value is -4.71. The molecule has 0 unspecified atom stereocenters. The molecule has 0 aliphatic carbocycles. The van der Waals surface area contributed by atoms with E-state index in [9.17, 15) is 4.39 Å². The molecule has 5 nitrogen and oxygen atoms in total. The maximum absolute atomic E-state index is 13.9. The lowest BCUT2D eigenvalue weighted by Gasteiger charge is -2.11. The van der Waals surface area contributed by atoms with Crippen LogP contribution in [0, 0.1) is 5.82 Å². The zero-order chi connectivity index (χ0) is 26.6. The SMILES string of the molecule is C=C/C(=C\C(=C/C)c1ccc2[nH]nc(-c3cc4c(-c5cccc(F)c5)cncc4[nH]3)c2c1)NC(=C)CCC. The third kappa shape index (κ3) is 4.93. The fourth-order valence-corrected chi connectivity index (χ4v) is 4.68. The van der Waals surface area contributed by atoms with Crippen molar-refractivity contribution in [1.29, 1.82) is 0 Å². The highest BCUT2D eigenvalue weighted by Crippen LogP contribution is 2.34. The minimum absolute atomic E-state index is 0.278. The number of nitrogens with one attached hydrogen (secondary N) is 3. The van der Waals surface area contributed by atoms with Gasteiger partial charge in [0.25, 0.3) is 0 Å². The Balaban J connectivity index is 1.55. The van der Waals surface area contributed by atoms with Crippen LogP contribution in [-0.4, -0.2) is 20.2 Å². The number of fused-ring (bicyclic) bond motifs is 2. The van der Waals surface area contributed by atoms with Crippen LogP contribution in [0.4, 0.5) is 4.39 Å². The molecule has 0 aliphatic heterocycles. The molecule has 2 aromatic carbocycles. The Morgan fingerprint density at radius 3 is 2.71 bits per heavy atom. The van der Waals surface area contributed by atoms with Gasteiger partial charge in [-0.1, -0.05) is 50.8 Å². The molecule has 0 saturated heterocycles. The molecule has 0 amide bonds. The predicted molar refractivity (Wildman–Crippen MR) is 156 cm³/mol. The molecule has 0 saturated carbocycles. The lowest BCUT2D eigenvalue weighted by atomic mass is 10.0. The molecule has 3 N–H and O–H groups in total. The quantitative estimate of drug-likeness (QED) is 0.177. The number of allylic oxidation sites excluding steroid dienone is 5. The van der Waals surface area contributed by atoms with E-state index in [4.69, 9.17) is 0 Å². The molecule has 0 bridgehead atoms. The lowest BCUT2D eigenvalue weighted by Crippen LogP contribution is -2.10. The molecular weight excluding hydrogens is 473 g/mol. The van der Waals surface area contributed by atoms with Crippen LogP contribution >= 0.6 is 0 Å². The number of halogens is 1. The van der Waals surface area contributed by atoms with Crippen LogP contribution in [0.1, 0.15) is 32.3 Å². The average molecular weight is 504 g/mol. The Labute approximate surface area is 221 Å². The van der Waals surface area contributed by atoms with Crippen molar-refractivity contribution in [2.75, 3.05) is 0 Å². The Kier molecular flexibility index (Phi) is 7.05. The predicted octanol–water partition coefficient (Wildman–Crippen LogP) is 8.29. The van der Waals surface area contributed by atoms with Crippen molar-refractivity contribution in [3.05, 3.63) is 115 Å². The summed E-state index contributed by atoms with van der Waals surface area (Å²) in [4.78, 5) is 7.83. The van der Waals surface area contributed by atoms with Crippen molar-refractivity contribution in [3.8, 4) is 22.5 Å². The number of rotatable bonds is 9. The van der Waals surface area contributed by atoms with Gasteiger partial charge in [0, 0.05) is 33.9 Å². The van der Waals surface area contributed by atoms with Gasteiger partial charge in [-0.25, -0.2) is 4.39 Å². The second-order valence-corrected chi connectivity index (χ2v) is 9.20. The van der Waals surface area contributed by atoms with Crippen molar-refractivity contribution in [3.63, 3.8) is 0 Å². The number of aromatic nitrogens is 4. The first-order valence-corrected chi connectivity index (χ1v) is 12.7. The number of aromatic amines is 2. The van der Waals surface area contributed by atoms with E-state index in [1.807, 2.05) is 19.1 Å². The van der Waals surface area contributed by atoms with Gasteiger partial charge in [-0.2, -0.15) is 5.10 Å². The summed E-state index contributed by atoms with van der Waals surface area (Å²) in [7, 11) is 0. The first-order chi connectivity index (χ1) is 18.5. The monoisotopic (exact) mass is 503 g/mol. The Bertz CT molecular complexity index is 1720. The average Bonchev–Trinajstić information content (AvgIpc) is 3.54. The molecule has 0 fully saturated rings. The Morgan fingerprint density at radius 1 is 1.08 bits per heavy atom. The number of pyridine rings is 1. The zero-order valence-electron chi connectivity index (χ0n) is 21.6. The topological polar surface area (TPSA) is 69.4 Å². The van der Waals surface area contributed by atoms with E-state index in [2.05, 4.69) is 75.9 Å². The van der Waals surface area contributed by atoms with Crippen LogP contribution in [0.25, 0.3) is 49.9 Å². The van der Waals surface area contributed by atoms with Crippen molar-refractivity contribution in [1.82, 2.24) is 25.5 Å². The summed E-state index contributed by atoms with van der Waals surface area (Å²) in [5.74, 6) is -0.278. The van der Waals surface area contributed by atoms with Gasteiger partial charge in [-0.05, 0) is 72.5 Å². The fraction of sp³-hybridized carbons (Fsp3) is 0.125. The van der Waals surface area contributed by atoms with Gasteiger partial charge in [-0.3, -0.25) is 10.1 Å². The van der Waals surface area contributed by atoms with E-state index in [1.54, 1.807) is 24.5 Å². The molecule has 190 valence electrons. The molecule has 0 aliphatic rings. The minimum atomic E-state index is -0.278. The van der Waals surface area contributed by atoms with Gasteiger partial charge in [0.15, 0.2) is 0 Å². The smallest absolute Gasteiger partial charge is 0.123 e. The molecule has 0 atom stereocenters. The number of benzene rings is 2. The molecule has 5 rings (SSSR count). The van der Waals surface area contributed by atoms with Crippen molar-refractivity contribution in [2.45, 2.75) is 26.7 Å². The summed E-state index contributed by atoms with van der Waals surface area (Å²) in [6, 6.07) is 14.9. The highest BCUT2D eigenvalue weighted by atomic mass is 19.1. The third-order valence-corrected chi connectivity index (χ3v) is 6.55. The van der Waals surface area contributed by atoms with E-state index in [1.165, 1.54) is 12.1 Å². The normalized spacial score (nSPS) is 12.3. The molecule has 38 heavy (non-hydrogen) atoms. The largest absolute Gasteiger partial charge is 0.359 e. The first-order valence-electron chi connectivity index (χ1n) is 12.7. The summed E-state index contributed by atoms with van der Waals surface area (Å²) < 4.78 is 13.9. The minimum Gasteiger partial charge on any atom is -0.359 e. The van der Waals surface area contributed by atoms with Crippen molar-refractivity contribution >= 4 is 27.4 Å². The molecule has 3 heterocycles. The second-order valence-electron chi connectivity index (χ2n) is 9.20. The van der Waals surface area contributed by atoms with Gasteiger partial charge >= 0.3 is 0 Å². The van der Waals surface area contributed by atoms with Crippen molar-refractivity contribution in [2.24, 2.45) is 0 Å². The van der Waals surface area contributed by atoms with Gasteiger partial charge in [0.2, 0.25) is 0 Å². The summed E-state index contributed by atoms with van der Waals surface area (Å²) in [5, 5.41) is 13.1. The maximum atomic E-state index is 13.9. The molecule has 0 radical (unpaired) electrons. The molecular formula is C32H30FN5. The first kappa shape index (κ1) is 25.0. The van der Waals surface area contributed by atoms with Crippen LogP contribution in [0.2, 0.25) is 0 Å².